The van der Waals surface area contributed by atoms with Crippen LogP contribution < -0.4 is 5.32 Å². The number of benzene rings is 2. The minimum absolute atomic E-state index is 0.304. The van der Waals surface area contributed by atoms with Crippen molar-refractivity contribution in [1.29, 1.82) is 0 Å². The van der Waals surface area contributed by atoms with Crippen LogP contribution in [0, 0.1) is 0 Å². The minimum atomic E-state index is -0.304. The summed E-state index contributed by atoms with van der Waals surface area (Å²) in [6.07, 6.45) is 0. The Balaban J connectivity index is 1.88. The number of hydrogen-bond acceptors (Lipinski definition) is 2. The van der Waals surface area contributed by atoms with Gasteiger partial charge in [-0.2, -0.15) is 0 Å². The zero-order valence-corrected chi connectivity index (χ0v) is 12.5. The van der Waals surface area contributed by atoms with E-state index in [1.165, 1.54) is 0 Å². The summed E-state index contributed by atoms with van der Waals surface area (Å²) < 4.78 is 0.822. The summed E-state index contributed by atoms with van der Waals surface area (Å²) in [5.41, 5.74) is 2.06. The molecule has 0 aliphatic carbocycles. The van der Waals surface area contributed by atoms with Gasteiger partial charge in [0.05, 0.1) is 21.6 Å². The van der Waals surface area contributed by atoms with Gasteiger partial charge in [0, 0.05) is 4.47 Å². The molecule has 2 N–H and O–H groups in total. The van der Waals surface area contributed by atoms with E-state index in [1.807, 2.05) is 24.3 Å². The molecule has 0 spiro atoms. The first-order valence-corrected chi connectivity index (χ1v) is 7.02. The maximum atomic E-state index is 12.2. The summed E-state index contributed by atoms with van der Waals surface area (Å²) in [6.45, 7) is 0. The number of carbonyl (C=O) groups is 1. The third-order valence-corrected chi connectivity index (χ3v) is 3.60. The van der Waals surface area contributed by atoms with Crippen LogP contribution in [0.1, 0.15) is 10.4 Å². The third kappa shape index (κ3) is 2.55. The Morgan fingerprint density at radius 2 is 2.05 bits per heavy atom. The molecule has 100 valence electrons. The van der Waals surface area contributed by atoms with Gasteiger partial charge in [-0.3, -0.25) is 10.1 Å². The molecule has 0 radical (unpaired) electrons. The summed E-state index contributed by atoms with van der Waals surface area (Å²) in [6, 6.07) is 12.6. The molecule has 0 saturated carbocycles. The number of anilines is 1. The van der Waals surface area contributed by atoms with Gasteiger partial charge in [0.25, 0.3) is 5.91 Å². The third-order valence-electron chi connectivity index (χ3n) is 2.80. The predicted octanol–water partition coefficient (Wildman–Crippen LogP) is 4.23. The fourth-order valence-corrected chi connectivity index (χ4v) is 2.62. The smallest absolute Gasteiger partial charge is 0.259 e. The number of imidazole rings is 1. The Labute approximate surface area is 128 Å². The molecule has 0 atom stereocenters. The molecule has 0 saturated heterocycles. The van der Waals surface area contributed by atoms with Crippen molar-refractivity contribution in [3.63, 3.8) is 0 Å². The molecule has 0 aliphatic rings. The quantitative estimate of drug-likeness (QED) is 0.726. The fourth-order valence-electron chi connectivity index (χ4n) is 1.86. The molecule has 6 heteroatoms. The van der Waals surface area contributed by atoms with Gasteiger partial charge in [-0.1, -0.05) is 39.7 Å². The predicted molar refractivity (Wildman–Crippen MR) is 83.2 cm³/mol. The van der Waals surface area contributed by atoms with Crippen LogP contribution in [0.5, 0.6) is 0 Å². The van der Waals surface area contributed by atoms with E-state index in [-0.39, 0.29) is 5.91 Å². The van der Waals surface area contributed by atoms with Crippen LogP contribution in [0.2, 0.25) is 5.02 Å². The first-order valence-electron chi connectivity index (χ1n) is 5.84. The second-order valence-corrected chi connectivity index (χ2v) is 5.50. The molecule has 0 fully saturated rings. The molecular weight excluding hydrogens is 342 g/mol. The van der Waals surface area contributed by atoms with Gasteiger partial charge in [0.1, 0.15) is 0 Å². The second kappa shape index (κ2) is 5.26. The molecule has 1 heterocycles. The van der Waals surface area contributed by atoms with Crippen molar-refractivity contribution in [2.45, 2.75) is 0 Å². The Hall–Kier alpha value is -1.85. The van der Waals surface area contributed by atoms with Crippen LogP contribution in [-0.2, 0) is 0 Å². The molecule has 3 aromatic rings. The number of carbonyl (C=O) groups excluding carboxylic acids is 1. The van der Waals surface area contributed by atoms with E-state index in [4.69, 9.17) is 11.6 Å². The van der Waals surface area contributed by atoms with E-state index >= 15 is 0 Å². The standard InChI is InChI=1S/C14H9BrClN3O/c15-8-5-6-9(10(16)7-8)13(20)19-14-17-11-3-1-2-4-12(11)18-14/h1-7H,(H2,17,18,19,20). The largest absolute Gasteiger partial charge is 0.324 e. The molecule has 3 rings (SSSR count). The van der Waals surface area contributed by atoms with E-state index in [2.05, 4.69) is 31.2 Å². The summed E-state index contributed by atoms with van der Waals surface area (Å²) in [5.74, 6) is 0.0942. The number of nitrogens with zero attached hydrogens (tertiary/aromatic N) is 1. The van der Waals surface area contributed by atoms with Gasteiger partial charge < -0.3 is 4.98 Å². The maximum Gasteiger partial charge on any atom is 0.259 e. The van der Waals surface area contributed by atoms with E-state index in [1.54, 1.807) is 18.2 Å². The van der Waals surface area contributed by atoms with Crippen LogP contribution in [0.3, 0.4) is 0 Å². The van der Waals surface area contributed by atoms with Crippen molar-refractivity contribution < 1.29 is 4.79 Å². The fraction of sp³-hybridized carbons (Fsp3) is 0. The lowest BCUT2D eigenvalue weighted by atomic mass is 10.2. The first kappa shape index (κ1) is 13.1. The van der Waals surface area contributed by atoms with Crippen molar-refractivity contribution in [1.82, 2.24) is 9.97 Å². The monoisotopic (exact) mass is 349 g/mol. The molecular formula is C14H9BrClN3O. The van der Waals surface area contributed by atoms with Crippen LogP contribution in [-0.4, -0.2) is 15.9 Å². The summed E-state index contributed by atoms with van der Waals surface area (Å²) in [4.78, 5) is 19.5. The number of H-pyrrole nitrogens is 1. The van der Waals surface area contributed by atoms with Crippen molar-refractivity contribution in [2.75, 3.05) is 5.32 Å². The normalized spacial score (nSPS) is 10.7. The van der Waals surface area contributed by atoms with Gasteiger partial charge in [-0.25, -0.2) is 4.98 Å². The highest BCUT2D eigenvalue weighted by molar-refractivity contribution is 9.10. The number of amides is 1. The summed E-state index contributed by atoms with van der Waals surface area (Å²) in [7, 11) is 0. The molecule has 0 bridgehead atoms. The van der Waals surface area contributed by atoms with Crippen molar-refractivity contribution >= 4 is 50.4 Å². The number of aromatic amines is 1. The minimum Gasteiger partial charge on any atom is -0.324 e. The molecule has 1 aromatic heterocycles. The van der Waals surface area contributed by atoms with Gasteiger partial charge in [-0.15, -0.1) is 0 Å². The molecule has 0 unspecified atom stereocenters. The lowest BCUT2D eigenvalue weighted by Crippen LogP contribution is -2.13. The van der Waals surface area contributed by atoms with Gasteiger partial charge in [0.2, 0.25) is 5.95 Å². The van der Waals surface area contributed by atoms with E-state index < -0.39 is 0 Å². The Kier molecular flexibility index (Phi) is 3.46. The summed E-state index contributed by atoms with van der Waals surface area (Å²) >= 11 is 9.35. The van der Waals surface area contributed by atoms with Crippen molar-refractivity contribution in [3.05, 3.63) is 57.5 Å². The van der Waals surface area contributed by atoms with E-state index in [9.17, 15) is 4.79 Å². The highest BCUT2D eigenvalue weighted by Gasteiger charge is 2.12. The zero-order valence-electron chi connectivity index (χ0n) is 10.2. The van der Waals surface area contributed by atoms with Crippen LogP contribution in [0.25, 0.3) is 11.0 Å². The highest BCUT2D eigenvalue weighted by atomic mass is 79.9. The number of halogens is 2. The highest BCUT2D eigenvalue weighted by Crippen LogP contribution is 2.22. The second-order valence-electron chi connectivity index (χ2n) is 4.18. The average molecular weight is 351 g/mol. The van der Waals surface area contributed by atoms with Gasteiger partial charge in [-0.05, 0) is 30.3 Å². The maximum absolute atomic E-state index is 12.2. The van der Waals surface area contributed by atoms with Gasteiger partial charge >= 0.3 is 0 Å². The topological polar surface area (TPSA) is 57.8 Å². The van der Waals surface area contributed by atoms with Crippen LogP contribution >= 0.6 is 27.5 Å². The SMILES string of the molecule is O=C(Nc1nc2ccccc2[nH]1)c1ccc(Br)cc1Cl. The average Bonchev–Trinajstić information content (AvgIpc) is 2.80. The van der Waals surface area contributed by atoms with E-state index in [0.717, 1.165) is 15.5 Å². The molecule has 2 aromatic carbocycles. The molecule has 0 aliphatic heterocycles. The van der Waals surface area contributed by atoms with Crippen molar-refractivity contribution in [3.8, 4) is 0 Å². The lowest BCUT2D eigenvalue weighted by molar-refractivity contribution is 0.102. The Bertz CT molecular complexity index is 767. The number of aromatic nitrogens is 2. The molecule has 4 nitrogen and oxygen atoms in total. The number of nitrogens with one attached hydrogen (secondary N) is 2. The van der Waals surface area contributed by atoms with Crippen LogP contribution in [0.4, 0.5) is 5.95 Å². The van der Waals surface area contributed by atoms with Gasteiger partial charge in [0.15, 0.2) is 0 Å². The Morgan fingerprint density at radius 3 is 2.80 bits per heavy atom. The lowest BCUT2D eigenvalue weighted by Gasteiger charge is -2.04. The molecule has 20 heavy (non-hydrogen) atoms. The zero-order chi connectivity index (χ0) is 14.1. The summed E-state index contributed by atoms with van der Waals surface area (Å²) in [5, 5.41) is 3.08. The number of para-hydroxylation sites is 2. The van der Waals surface area contributed by atoms with Crippen molar-refractivity contribution in [2.24, 2.45) is 0 Å². The first-order chi connectivity index (χ1) is 9.63. The van der Waals surface area contributed by atoms with E-state index in [0.29, 0.717) is 16.5 Å². The number of hydrogen-bond donors (Lipinski definition) is 2. The number of rotatable bonds is 2. The Morgan fingerprint density at radius 1 is 1.25 bits per heavy atom. The van der Waals surface area contributed by atoms with Crippen LogP contribution in [0.15, 0.2) is 46.9 Å². The molecule has 1 amide bonds. The number of fused-ring (bicyclic) bond motifs is 1.